The molecule has 2 heterocycles. The predicted molar refractivity (Wildman–Crippen MR) is 159 cm³/mol. The number of nitrogens with two attached hydrogens (primary N) is 1. The van der Waals surface area contributed by atoms with Crippen molar-refractivity contribution in [3.05, 3.63) is 89.6 Å². The van der Waals surface area contributed by atoms with Crippen molar-refractivity contribution in [1.82, 2.24) is 9.88 Å². The summed E-state index contributed by atoms with van der Waals surface area (Å²) < 4.78 is 12.1. The number of ether oxygens (including phenoxy) is 2. The number of benzene rings is 3. The Bertz CT molecular complexity index is 1540. The average molecular weight is 536 g/mol. The van der Waals surface area contributed by atoms with E-state index in [9.17, 15) is 4.79 Å². The van der Waals surface area contributed by atoms with Gasteiger partial charge in [0.1, 0.15) is 17.7 Å². The first-order valence-electron chi connectivity index (χ1n) is 14.4. The molecule has 0 amide bonds. The van der Waals surface area contributed by atoms with Crippen LogP contribution in [0.15, 0.2) is 72.9 Å². The van der Waals surface area contributed by atoms with Gasteiger partial charge >= 0.3 is 5.97 Å². The minimum atomic E-state index is -0.235. The van der Waals surface area contributed by atoms with E-state index in [-0.39, 0.29) is 23.9 Å². The first kappa shape index (κ1) is 26.3. The van der Waals surface area contributed by atoms with Crippen molar-refractivity contribution >= 4 is 22.6 Å². The number of pyridine rings is 1. The molecule has 6 nitrogen and oxygen atoms in total. The maximum Gasteiger partial charge on any atom is 0.310 e. The summed E-state index contributed by atoms with van der Waals surface area (Å²) in [4.78, 5) is 19.2. The van der Waals surface area contributed by atoms with Crippen molar-refractivity contribution in [2.75, 3.05) is 32.0 Å². The van der Waals surface area contributed by atoms with E-state index in [1.165, 1.54) is 11.1 Å². The molecule has 1 aromatic heterocycles. The van der Waals surface area contributed by atoms with Crippen molar-refractivity contribution in [2.45, 2.75) is 51.0 Å². The molecule has 1 aliphatic carbocycles. The summed E-state index contributed by atoms with van der Waals surface area (Å²) in [6.45, 7) is 7.72. The standard InChI is InChI=1S/C34H37N3O3/c1-3-37-17-14-34(15-18-37)22-31(40-30-8-6-5-7-26(30)21-32(38)39-4-2)28-20-25(11-12-29(28)34)24-10-9-23-13-16-36-33(35)27(23)19-24/h5-13,16,19-20,31H,3-4,14-15,17-18,21-22H2,1-2H3,(H2,35,36). The van der Waals surface area contributed by atoms with Crippen molar-refractivity contribution in [2.24, 2.45) is 0 Å². The summed E-state index contributed by atoms with van der Waals surface area (Å²) in [5.74, 6) is 1.06. The topological polar surface area (TPSA) is 77.7 Å². The van der Waals surface area contributed by atoms with Gasteiger partial charge in [-0.25, -0.2) is 4.98 Å². The third-order valence-corrected chi connectivity index (χ3v) is 8.82. The number of anilines is 1. The van der Waals surface area contributed by atoms with Crippen molar-refractivity contribution in [3.8, 4) is 16.9 Å². The summed E-state index contributed by atoms with van der Waals surface area (Å²) in [6, 6.07) is 23.1. The fourth-order valence-corrected chi connectivity index (χ4v) is 6.60. The molecular formula is C34H37N3O3. The summed E-state index contributed by atoms with van der Waals surface area (Å²) in [7, 11) is 0. The van der Waals surface area contributed by atoms with Gasteiger partial charge in [-0.3, -0.25) is 4.79 Å². The Morgan fingerprint density at radius 2 is 1.80 bits per heavy atom. The number of hydrogen-bond acceptors (Lipinski definition) is 6. The number of carbonyl (C=O) groups excluding carboxylic acids is 1. The molecule has 1 atom stereocenters. The van der Waals surface area contributed by atoms with Gasteiger partial charge in [-0.2, -0.15) is 0 Å². The number of likely N-dealkylation sites (tertiary alicyclic amines) is 1. The Balaban J connectivity index is 1.38. The Labute approximate surface area is 236 Å². The smallest absolute Gasteiger partial charge is 0.310 e. The van der Waals surface area contributed by atoms with Crippen LogP contribution >= 0.6 is 0 Å². The number of carbonyl (C=O) groups is 1. The van der Waals surface area contributed by atoms with Crippen LogP contribution in [0.3, 0.4) is 0 Å². The molecule has 2 aliphatic rings. The second kappa shape index (κ2) is 10.9. The monoisotopic (exact) mass is 535 g/mol. The maximum atomic E-state index is 12.3. The van der Waals surface area contributed by atoms with Crippen LogP contribution in [0.5, 0.6) is 5.75 Å². The summed E-state index contributed by atoms with van der Waals surface area (Å²) >= 11 is 0. The molecule has 1 fully saturated rings. The second-order valence-electron chi connectivity index (χ2n) is 11.0. The molecule has 40 heavy (non-hydrogen) atoms. The van der Waals surface area contributed by atoms with Crippen LogP contribution in [0.4, 0.5) is 5.82 Å². The SMILES string of the molecule is CCOC(=O)Cc1ccccc1OC1CC2(CCN(CC)CC2)c2ccc(-c3ccc4ccnc(N)c4c3)cc21. The summed E-state index contributed by atoms with van der Waals surface area (Å²) in [5.41, 5.74) is 12.1. The Kier molecular flexibility index (Phi) is 7.20. The van der Waals surface area contributed by atoms with E-state index >= 15 is 0 Å². The molecule has 1 aliphatic heterocycles. The van der Waals surface area contributed by atoms with E-state index in [4.69, 9.17) is 15.2 Å². The molecule has 1 spiro atoms. The molecule has 2 N–H and O–H groups in total. The quantitative estimate of drug-likeness (QED) is 0.274. The van der Waals surface area contributed by atoms with Gasteiger partial charge < -0.3 is 20.1 Å². The van der Waals surface area contributed by atoms with E-state index in [2.05, 4.69) is 53.2 Å². The van der Waals surface area contributed by atoms with E-state index in [0.717, 1.165) is 72.1 Å². The highest BCUT2D eigenvalue weighted by Gasteiger charge is 2.46. The van der Waals surface area contributed by atoms with Gasteiger partial charge in [0.25, 0.3) is 0 Å². The van der Waals surface area contributed by atoms with Crippen LogP contribution in [-0.2, 0) is 21.4 Å². The summed E-state index contributed by atoms with van der Waals surface area (Å²) in [6.07, 6.45) is 5.03. The Morgan fingerprint density at radius 1 is 1.02 bits per heavy atom. The van der Waals surface area contributed by atoms with Crippen molar-refractivity contribution in [3.63, 3.8) is 0 Å². The number of para-hydroxylation sites is 1. The lowest BCUT2D eigenvalue weighted by Crippen LogP contribution is -2.41. The minimum Gasteiger partial charge on any atom is -0.485 e. The second-order valence-corrected chi connectivity index (χ2v) is 11.0. The number of nitrogens with zero attached hydrogens (tertiary/aromatic N) is 2. The zero-order valence-corrected chi connectivity index (χ0v) is 23.4. The van der Waals surface area contributed by atoms with E-state index in [1.807, 2.05) is 37.3 Å². The molecule has 0 bridgehead atoms. The van der Waals surface area contributed by atoms with Crippen LogP contribution < -0.4 is 10.5 Å². The van der Waals surface area contributed by atoms with Gasteiger partial charge in [0, 0.05) is 22.6 Å². The fourth-order valence-electron chi connectivity index (χ4n) is 6.60. The lowest BCUT2D eigenvalue weighted by molar-refractivity contribution is -0.142. The highest BCUT2D eigenvalue weighted by molar-refractivity contribution is 5.94. The molecule has 206 valence electrons. The number of aromatic nitrogens is 1. The normalized spacial score (nSPS) is 18.1. The molecule has 4 aromatic rings. The van der Waals surface area contributed by atoms with Gasteiger partial charge in [-0.15, -0.1) is 0 Å². The molecule has 3 aromatic carbocycles. The number of hydrogen-bond donors (Lipinski definition) is 1. The third kappa shape index (κ3) is 4.92. The minimum absolute atomic E-state index is 0.0953. The molecule has 0 radical (unpaired) electrons. The average Bonchev–Trinajstić information content (AvgIpc) is 3.26. The maximum absolute atomic E-state index is 12.3. The van der Waals surface area contributed by atoms with Gasteiger partial charge in [0.2, 0.25) is 0 Å². The number of esters is 1. The van der Waals surface area contributed by atoms with E-state index < -0.39 is 0 Å². The number of fused-ring (bicyclic) bond motifs is 3. The third-order valence-electron chi connectivity index (χ3n) is 8.82. The van der Waals surface area contributed by atoms with E-state index in [0.29, 0.717) is 12.4 Å². The number of nitrogen functional groups attached to an aromatic ring is 1. The van der Waals surface area contributed by atoms with Crippen molar-refractivity contribution < 1.29 is 14.3 Å². The summed E-state index contributed by atoms with van der Waals surface area (Å²) in [5, 5.41) is 2.04. The van der Waals surface area contributed by atoms with Crippen molar-refractivity contribution in [1.29, 1.82) is 0 Å². The highest BCUT2D eigenvalue weighted by Crippen LogP contribution is 2.53. The van der Waals surface area contributed by atoms with Crippen LogP contribution in [0.2, 0.25) is 0 Å². The van der Waals surface area contributed by atoms with Gasteiger partial charge in [0.15, 0.2) is 0 Å². The van der Waals surface area contributed by atoms with Crippen LogP contribution in [0.25, 0.3) is 21.9 Å². The van der Waals surface area contributed by atoms with E-state index in [1.54, 1.807) is 6.20 Å². The highest BCUT2D eigenvalue weighted by atomic mass is 16.5. The van der Waals surface area contributed by atoms with Crippen LogP contribution in [0.1, 0.15) is 55.9 Å². The Morgan fingerprint density at radius 3 is 2.60 bits per heavy atom. The zero-order chi connectivity index (χ0) is 27.7. The lowest BCUT2D eigenvalue weighted by Gasteiger charge is -2.40. The zero-order valence-electron chi connectivity index (χ0n) is 23.4. The molecule has 6 rings (SSSR count). The number of piperidine rings is 1. The molecule has 1 unspecified atom stereocenters. The lowest BCUT2D eigenvalue weighted by atomic mass is 9.73. The molecule has 0 saturated carbocycles. The fraction of sp³-hybridized carbons (Fsp3) is 0.353. The predicted octanol–water partition coefficient (Wildman–Crippen LogP) is 6.47. The van der Waals surface area contributed by atoms with Crippen LogP contribution in [-0.4, -0.2) is 42.1 Å². The molecular weight excluding hydrogens is 498 g/mol. The number of rotatable bonds is 7. The molecule has 1 saturated heterocycles. The van der Waals surface area contributed by atoms with Crippen LogP contribution in [0, 0.1) is 0 Å². The largest absolute Gasteiger partial charge is 0.485 e. The van der Waals surface area contributed by atoms with Gasteiger partial charge in [0.05, 0.1) is 13.0 Å². The Hall–Kier alpha value is -3.90. The first-order valence-corrected chi connectivity index (χ1v) is 14.4. The van der Waals surface area contributed by atoms with Gasteiger partial charge in [-0.1, -0.05) is 49.4 Å². The molecule has 6 heteroatoms. The first-order chi connectivity index (χ1) is 19.5. The van der Waals surface area contributed by atoms with Gasteiger partial charge in [-0.05, 0) is 97.7 Å².